The van der Waals surface area contributed by atoms with Gasteiger partial charge in [0.25, 0.3) is 0 Å². The molecule has 7 nitrogen and oxygen atoms in total. The van der Waals surface area contributed by atoms with E-state index in [1.165, 1.54) is 23.2 Å². The molecule has 1 N–H and O–H groups in total. The number of hydrazone groups is 1. The van der Waals surface area contributed by atoms with Crippen LogP contribution in [0.3, 0.4) is 0 Å². The van der Waals surface area contributed by atoms with Crippen molar-refractivity contribution in [2.75, 3.05) is 0 Å². The van der Waals surface area contributed by atoms with Gasteiger partial charge < -0.3 is 18.5 Å². The van der Waals surface area contributed by atoms with Crippen molar-refractivity contribution in [1.82, 2.24) is 9.99 Å². The molecular formula is C33H29BrClN3O4. The van der Waals surface area contributed by atoms with Crippen LogP contribution in [0.15, 0.2) is 98.9 Å². The summed E-state index contributed by atoms with van der Waals surface area (Å²) in [5, 5.41) is 4.59. The fraction of sp³-hybridized carbons (Fsp3) is 0.152. The van der Waals surface area contributed by atoms with Crippen LogP contribution in [-0.2, 0) is 13.2 Å². The Morgan fingerprint density at radius 1 is 0.929 bits per heavy atom. The van der Waals surface area contributed by atoms with Crippen LogP contribution in [0.2, 0.25) is 5.02 Å². The zero-order valence-corrected chi connectivity index (χ0v) is 25.7. The average Bonchev–Trinajstić information content (AvgIpc) is 3.58. The summed E-state index contributed by atoms with van der Waals surface area (Å²) in [6.45, 7) is 6.72. The third-order valence-corrected chi connectivity index (χ3v) is 7.35. The summed E-state index contributed by atoms with van der Waals surface area (Å²) >= 11 is 9.76. The largest absolute Gasteiger partial charge is 0.487 e. The van der Waals surface area contributed by atoms with Gasteiger partial charge >= 0.3 is 5.91 Å². The van der Waals surface area contributed by atoms with Gasteiger partial charge in [0.15, 0.2) is 5.76 Å². The standard InChI is InChI=1S/C33H29BrClN3O4/c1-21-4-8-24(9-5-21)19-41-32-25(16-26(35)17-30(32)34)18-36-37-33(39)31-15-14-29(42-31)20-40-28-12-10-27(11-13-28)38-22(2)6-7-23(38)3/h4-18H,19-20H2,1-3H3,(H,37,39)/b36-18+. The summed E-state index contributed by atoms with van der Waals surface area (Å²) < 4.78 is 20.4. The van der Waals surface area contributed by atoms with Crippen LogP contribution in [0.25, 0.3) is 5.69 Å². The van der Waals surface area contributed by atoms with Gasteiger partial charge in [-0.3, -0.25) is 4.79 Å². The maximum atomic E-state index is 12.7. The Bertz CT molecular complexity index is 1700. The highest BCUT2D eigenvalue weighted by Crippen LogP contribution is 2.32. The molecule has 0 spiro atoms. The Hall–Kier alpha value is -4.27. The number of carbonyl (C=O) groups excluding carboxylic acids is 1. The summed E-state index contributed by atoms with van der Waals surface area (Å²) in [6, 6.07) is 26.8. The summed E-state index contributed by atoms with van der Waals surface area (Å²) in [5.41, 5.74) is 8.69. The zero-order valence-electron chi connectivity index (χ0n) is 23.4. The van der Waals surface area contributed by atoms with Gasteiger partial charge in [0.2, 0.25) is 0 Å². The van der Waals surface area contributed by atoms with E-state index in [0.717, 1.165) is 11.3 Å². The van der Waals surface area contributed by atoms with Gasteiger partial charge in [-0.1, -0.05) is 41.4 Å². The summed E-state index contributed by atoms with van der Waals surface area (Å²) in [6.07, 6.45) is 1.48. The van der Waals surface area contributed by atoms with Crippen molar-refractivity contribution in [3.8, 4) is 17.2 Å². The highest BCUT2D eigenvalue weighted by molar-refractivity contribution is 9.10. The molecule has 1 amide bonds. The van der Waals surface area contributed by atoms with Gasteiger partial charge in [0.05, 0.1) is 10.7 Å². The van der Waals surface area contributed by atoms with E-state index < -0.39 is 5.91 Å². The van der Waals surface area contributed by atoms with E-state index in [1.54, 1.807) is 24.3 Å². The Morgan fingerprint density at radius 3 is 2.36 bits per heavy atom. The lowest BCUT2D eigenvalue weighted by Crippen LogP contribution is -2.17. The van der Waals surface area contributed by atoms with Gasteiger partial charge in [-0.2, -0.15) is 5.10 Å². The molecule has 0 aliphatic rings. The predicted molar refractivity (Wildman–Crippen MR) is 168 cm³/mol. The van der Waals surface area contributed by atoms with Crippen LogP contribution in [0.5, 0.6) is 11.5 Å². The highest BCUT2D eigenvalue weighted by atomic mass is 79.9. The number of halogens is 2. The number of hydrogen-bond acceptors (Lipinski definition) is 5. The second kappa shape index (κ2) is 13.1. The molecule has 0 unspecified atom stereocenters. The van der Waals surface area contributed by atoms with Gasteiger partial charge in [-0.15, -0.1) is 0 Å². The van der Waals surface area contributed by atoms with Gasteiger partial charge in [-0.25, -0.2) is 5.43 Å². The van der Waals surface area contributed by atoms with Crippen LogP contribution in [0.4, 0.5) is 0 Å². The first-order chi connectivity index (χ1) is 20.3. The minimum Gasteiger partial charge on any atom is -0.487 e. The Balaban J connectivity index is 1.17. The topological polar surface area (TPSA) is 78.0 Å². The van der Waals surface area contributed by atoms with Crippen LogP contribution in [0, 0.1) is 20.8 Å². The number of nitrogens with zero attached hydrogens (tertiary/aromatic N) is 2. The van der Waals surface area contributed by atoms with Gasteiger partial charge in [0.1, 0.15) is 30.5 Å². The molecule has 9 heteroatoms. The fourth-order valence-corrected chi connectivity index (χ4v) is 5.33. The summed E-state index contributed by atoms with van der Waals surface area (Å²) in [7, 11) is 0. The molecule has 3 aromatic carbocycles. The quantitative estimate of drug-likeness (QED) is 0.122. The second-order valence-corrected chi connectivity index (χ2v) is 11.1. The molecule has 0 fully saturated rings. The third-order valence-electron chi connectivity index (χ3n) is 6.54. The van der Waals surface area contributed by atoms with Crippen molar-refractivity contribution in [1.29, 1.82) is 0 Å². The Labute approximate surface area is 257 Å². The first kappa shape index (κ1) is 29.2. The molecule has 2 heterocycles. The fourth-order valence-electron chi connectivity index (χ4n) is 4.38. The van der Waals surface area contributed by atoms with E-state index in [2.05, 4.69) is 57.0 Å². The maximum Gasteiger partial charge on any atom is 0.307 e. The molecule has 214 valence electrons. The molecule has 0 saturated heterocycles. The highest BCUT2D eigenvalue weighted by Gasteiger charge is 2.13. The predicted octanol–water partition coefficient (Wildman–Crippen LogP) is 8.33. The molecule has 0 radical (unpaired) electrons. The first-order valence-corrected chi connectivity index (χ1v) is 14.4. The number of aromatic nitrogens is 1. The molecule has 0 aliphatic carbocycles. The monoisotopic (exact) mass is 645 g/mol. The number of benzene rings is 3. The minimum absolute atomic E-state index is 0.114. The molecule has 2 aromatic heterocycles. The van der Waals surface area contributed by atoms with Crippen LogP contribution >= 0.6 is 27.5 Å². The molecule has 0 saturated carbocycles. The van der Waals surface area contributed by atoms with Crippen LogP contribution in [0.1, 0.15) is 44.4 Å². The lowest BCUT2D eigenvalue weighted by atomic mass is 10.1. The van der Waals surface area contributed by atoms with Crippen molar-refractivity contribution >= 4 is 39.7 Å². The minimum atomic E-state index is -0.498. The maximum absolute atomic E-state index is 12.7. The van der Waals surface area contributed by atoms with E-state index in [1.807, 2.05) is 55.5 Å². The van der Waals surface area contributed by atoms with E-state index >= 15 is 0 Å². The molecule has 5 rings (SSSR count). The average molecular weight is 647 g/mol. The number of ether oxygens (including phenoxy) is 2. The van der Waals surface area contributed by atoms with E-state index in [0.29, 0.717) is 38.9 Å². The van der Waals surface area contributed by atoms with E-state index in [-0.39, 0.29) is 12.4 Å². The Kier molecular flexibility index (Phi) is 9.15. The number of hydrogen-bond donors (Lipinski definition) is 1. The van der Waals surface area contributed by atoms with E-state index in [4.69, 9.17) is 25.5 Å². The first-order valence-electron chi connectivity index (χ1n) is 13.2. The van der Waals surface area contributed by atoms with Crippen molar-refractivity contribution in [2.24, 2.45) is 5.10 Å². The van der Waals surface area contributed by atoms with Crippen LogP contribution < -0.4 is 14.9 Å². The number of nitrogens with one attached hydrogen (secondary N) is 1. The normalized spacial score (nSPS) is 11.2. The second-order valence-electron chi connectivity index (χ2n) is 9.78. The van der Waals surface area contributed by atoms with Gasteiger partial charge in [0, 0.05) is 27.7 Å². The summed E-state index contributed by atoms with van der Waals surface area (Å²) in [4.78, 5) is 12.7. The number of furan rings is 1. The molecule has 0 bridgehead atoms. The SMILES string of the molecule is Cc1ccc(COc2c(Br)cc(Cl)cc2/C=N/NC(=O)c2ccc(COc3ccc(-n4c(C)ccc4C)cc3)o2)cc1. The van der Waals surface area contributed by atoms with E-state index in [9.17, 15) is 4.79 Å². The van der Waals surface area contributed by atoms with Crippen molar-refractivity contribution in [2.45, 2.75) is 34.0 Å². The molecule has 5 aromatic rings. The smallest absolute Gasteiger partial charge is 0.307 e. The van der Waals surface area contributed by atoms with Crippen molar-refractivity contribution in [3.63, 3.8) is 0 Å². The van der Waals surface area contributed by atoms with Crippen LogP contribution in [-0.4, -0.2) is 16.7 Å². The number of amides is 1. The van der Waals surface area contributed by atoms with Gasteiger partial charge in [-0.05, 0) is 103 Å². The molecule has 0 aliphatic heterocycles. The third kappa shape index (κ3) is 7.13. The lowest BCUT2D eigenvalue weighted by Gasteiger charge is -2.12. The number of rotatable bonds is 10. The number of carbonyl (C=O) groups is 1. The summed E-state index contributed by atoms with van der Waals surface area (Å²) in [5.74, 6) is 1.38. The molecular weight excluding hydrogens is 618 g/mol. The van der Waals surface area contributed by atoms with Crippen molar-refractivity contribution in [3.05, 3.63) is 134 Å². The lowest BCUT2D eigenvalue weighted by molar-refractivity contribution is 0.0923. The number of aryl methyl sites for hydroxylation is 3. The molecule has 0 atom stereocenters. The molecule has 42 heavy (non-hydrogen) atoms. The Morgan fingerprint density at radius 2 is 1.64 bits per heavy atom. The van der Waals surface area contributed by atoms with Crippen molar-refractivity contribution < 1.29 is 18.7 Å². The zero-order chi connectivity index (χ0) is 29.6.